The normalized spacial score (nSPS) is 11.3. The fourth-order valence-electron chi connectivity index (χ4n) is 3.01. The lowest BCUT2D eigenvalue weighted by atomic mass is 10.1. The van der Waals surface area contributed by atoms with Crippen LogP contribution < -0.4 is 5.32 Å². The van der Waals surface area contributed by atoms with E-state index in [-0.39, 0.29) is 5.91 Å². The molecule has 0 fully saturated rings. The maximum absolute atomic E-state index is 12.3. The van der Waals surface area contributed by atoms with Gasteiger partial charge in [-0.15, -0.1) is 0 Å². The number of nitrogens with zero attached hydrogens (tertiary/aromatic N) is 1. The standard InChI is InChI=1S/C18H17N3O2/c1-21-15-7-9-23-17(15)10-16(21)18(22)19-8-6-12-11-20-14-5-3-2-4-13(12)14/h2-5,7,9-11,20H,6,8H2,1H3,(H,19,22). The van der Waals surface area contributed by atoms with Crippen LogP contribution in [0.15, 0.2) is 53.3 Å². The van der Waals surface area contributed by atoms with E-state index in [0.29, 0.717) is 12.2 Å². The fourth-order valence-corrected chi connectivity index (χ4v) is 3.01. The lowest BCUT2D eigenvalue weighted by Gasteiger charge is -2.06. The lowest BCUT2D eigenvalue weighted by Crippen LogP contribution is -2.27. The number of carbonyl (C=O) groups is 1. The van der Waals surface area contributed by atoms with Gasteiger partial charge in [0.2, 0.25) is 0 Å². The molecule has 0 aliphatic heterocycles. The van der Waals surface area contributed by atoms with E-state index in [2.05, 4.69) is 22.4 Å². The minimum atomic E-state index is -0.0845. The van der Waals surface area contributed by atoms with E-state index in [1.807, 2.05) is 36.0 Å². The smallest absolute Gasteiger partial charge is 0.268 e. The number of fused-ring (bicyclic) bond motifs is 2. The number of hydrogen-bond acceptors (Lipinski definition) is 2. The van der Waals surface area contributed by atoms with Crippen molar-refractivity contribution in [2.45, 2.75) is 6.42 Å². The monoisotopic (exact) mass is 307 g/mol. The highest BCUT2D eigenvalue weighted by molar-refractivity contribution is 5.97. The van der Waals surface area contributed by atoms with Gasteiger partial charge in [-0.25, -0.2) is 0 Å². The third-order valence-corrected chi connectivity index (χ3v) is 4.25. The molecule has 0 aliphatic carbocycles. The van der Waals surface area contributed by atoms with Gasteiger partial charge in [0, 0.05) is 42.8 Å². The van der Waals surface area contributed by atoms with Gasteiger partial charge in [0.25, 0.3) is 5.91 Å². The number of aromatic amines is 1. The number of amides is 1. The molecule has 5 heteroatoms. The van der Waals surface area contributed by atoms with Gasteiger partial charge >= 0.3 is 0 Å². The van der Waals surface area contributed by atoms with Crippen molar-refractivity contribution >= 4 is 27.9 Å². The predicted molar refractivity (Wildman–Crippen MR) is 89.5 cm³/mol. The maximum atomic E-state index is 12.3. The van der Waals surface area contributed by atoms with Crippen molar-refractivity contribution in [2.75, 3.05) is 6.54 Å². The van der Waals surface area contributed by atoms with Gasteiger partial charge in [0.15, 0.2) is 5.58 Å². The molecule has 0 bridgehead atoms. The van der Waals surface area contributed by atoms with E-state index in [0.717, 1.165) is 23.0 Å². The summed E-state index contributed by atoms with van der Waals surface area (Å²) in [6.07, 6.45) is 4.42. The van der Waals surface area contributed by atoms with Gasteiger partial charge in [0.05, 0.1) is 11.8 Å². The van der Waals surface area contributed by atoms with Crippen molar-refractivity contribution in [2.24, 2.45) is 7.05 Å². The van der Waals surface area contributed by atoms with Crippen LogP contribution >= 0.6 is 0 Å². The quantitative estimate of drug-likeness (QED) is 0.608. The number of benzene rings is 1. The molecule has 1 aromatic carbocycles. The second kappa shape index (κ2) is 5.35. The first-order chi connectivity index (χ1) is 11.2. The summed E-state index contributed by atoms with van der Waals surface area (Å²) in [6.45, 7) is 0.591. The minimum Gasteiger partial charge on any atom is -0.463 e. The van der Waals surface area contributed by atoms with Crippen LogP contribution in [0.3, 0.4) is 0 Å². The second-order valence-corrected chi connectivity index (χ2v) is 5.62. The van der Waals surface area contributed by atoms with Gasteiger partial charge in [-0.2, -0.15) is 0 Å². The van der Waals surface area contributed by atoms with Crippen LogP contribution in [-0.2, 0) is 13.5 Å². The molecule has 0 aliphatic rings. The van der Waals surface area contributed by atoms with Crippen LogP contribution in [0.1, 0.15) is 16.1 Å². The van der Waals surface area contributed by atoms with E-state index < -0.39 is 0 Å². The number of H-pyrrole nitrogens is 1. The summed E-state index contributed by atoms with van der Waals surface area (Å²) in [5.41, 5.74) is 4.59. The molecule has 0 radical (unpaired) electrons. The Bertz CT molecular complexity index is 990. The molecular weight excluding hydrogens is 290 g/mol. The van der Waals surface area contributed by atoms with Crippen LogP contribution in [0.2, 0.25) is 0 Å². The summed E-state index contributed by atoms with van der Waals surface area (Å²) < 4.78 is 7.18. The van der Waals surface area contributed by atoms with Crippen LogP contribution in [0.5, 0.6) is 0 Å². The Morgan fingerprint density at radius 2 is 2.17 bits per heavy atom. The van der Waals surface area contributed by atoms with Gasteiger partial charge in [0.1, 0.15) is 5.69 Å². The number of furan rings is 1. The van der Waals surface area contributed by atoms with Crippen molar-refractivity contribution in [1.29, 1.82) is 0 Å². The molecule has 0 spiro atoms. The van der Waals surface area contributed by atoms with Gasteiger partial charge < -0.3 is 19.3 Å². The Morgan fingerprint density at radius 1 is 1.30 bits per heavy atom. The second-order valence-electron chi connectivity index (χ2n) is 5.62. The molecular formula is C18H17N3O2. The topological polar surface area (TPSA) is 63.0 Å². The highest BCUT2D eigenvalue weighted by atomic mass is 16.3. The summed E-state index contributed by atoms with van der Waals surface area (Å²) >= 11 is 0. The molecule has 23 heavy (non-hydrogen) atoms. The van der Waals surface area contributed by atoms with E-state index in [1.165, 1.54) is 10.9 Å². The Hall–Kier alpha value is -2.95. The molecule has 3 heterocycles. The highest BCUT2D eigenvalue weighted by Gasteiger charge is 2.14. The summed E-state index contributed by atoms with van der Waals surface area (Å²) in [7, 11) is 1.87. The SMILES string of the molecule is Cn1c(C(=O)NCCc2c[nH]c3ccccc23)cc2occc21. The van der Waals surface area contributed by atoms with Crippen LogP contribution in [0.4, 0.5) is 0 Å². The molecule has 5 nitrogen and oxygen atoms in total. The van der Waals surface area contributed by atoms with Crippen LogP contribution in [0, 0.1) is 0 Å². The molecule has 0 atom stereocenters. The molecule has 4 aromatic rings. The average Bonchev–Trinajstić information content (AvgIpc) is 3.24. The number of para-hydroxylation sites is 1. The van der Waals surface area contributed by atoms with Crippen molar-refractivity contribution in [1.82, 2.24) is 14.9 Å². The first-order valence-electron chi connectivity index (χ1n) is 7.60. The molecule has 2 N–H and O–H groups in total. The highest BCUT2D eigenvalue weighted by Crippen LogP contribution is 2.20. The zero-order chi connectivity index (χ0) is 15.8. The Morgan fingerprint density at radius 3 is 3.04 bits per heavy atom. The summed E-state index contributed by atoms with van der Waals surface area (Å²) in [5, 5.41) is 4.18. The van der Waals surface area contributed by atoms with E-state index >= 15 is 0 Å². The molecule has 3 aromatic heterocycles. The van der Waals surface area contributed by atoms with Crippen LogP contribution in [0.25, 0.3) is 22.0 Å². The molecule has 116 valence electrons. The Balaban J connectivity index is 1.45. The largest absolute Gasteiger partial charge is 0.463 e. The first kappa shape index (κ1) is 13.7. The van der Waals surface area contributed by atoms with Crippen molar-refractivity contribution < 1.29 is 9.21 Å². The number of carbonyl (C=O) groups excluding carboxylic acids is 1. The molecule has 1 amide bonds. The zero-order valence-electron chi connectivity index (χ0n) is 12.8. The van der Waals surface area contributed by atoms with Gasteiger partial charge in [-0.05, 0) is 18.1 Å². The third-order valence-electron chi connectivity index (χ3n) is 4.25. The molecule has 0 saturated carbocycles. The average molecular weight is 307 g/mol. The Kier molecular flexibility index (Phi) is 3.19. The molecule has 4 rings (SSSR count). The van der Waals surface area contributed by atoms with E-state index in [9.17, 15) is 4.79 Å². The van der Waals surface area contributed by atoms with Gasteiger partial charge in [-0.3, -0.25) is 4.79 Å². The fraction of sp³-hybridized carbons (Fsp3) is 0.167. The number of aromatic nitrogens is 2. The lowest BCUT2D eigenvalue weighted by molar-refractivity contribution is 0.0946. The predicted octanol–water partition coefficient (Wildman–Crippen LogP) is 3.23. The molecule has 0 unspecified atom stereocenters. The van der Waals surface area contributed by atoms with E-state index in [1.54, 1.807) is 12.3 Å². The van der Waals surface area contributed by atoms with Crippen molar-refractivity contribution in [3.63, 3.8) is 0 Å². The Labute approximate surface area is 132 Å². The number of hydrogen-bond donors (Lipinski definition) is 2. The number of nitrogens with one attached hydrogen (secondary N) is 2. The summed E-state index contributed by atoms with van der Waals surface area (Å²) in [6, 6.07) is 11.8. The number of rotatable bonds is 4. The van der Waals surface area contributed by atoms with Crippen LogP contribution in [-0.4, -0.2) is 22.0 Å². The zero-order valence-corrected chi connectivity index (χ0v) is 12.8. The van der Waals surface area contributed by atoms with E-state index in [4.69, 9.17) is 4.42 Å². The maximum Gasteiger partial charge on any atom is 0.268 e. The summed E-state index contributed by atoms with van der Waals surface area (Å²) in [4.78, 5) is 15.6. The summed E-state index contributed by atoms with van der Waals surface area (Å²) in [5.74, 6) is -0.0845. The molecule has 0 saturated heterocycles. The third kappa shape index (κ3) is 2.30. The minimum absolute atomic E-state index is 0.0845. The first-order valence-corrected chi connectivity index (χ1v) is 7.60. The van der Waals surface area contributed by atoms with Crippen molar-refractivity contribution in [3.8, 4) is 0 Å². The van der Waals surface area contributed by atoms with Crippen molar-refractivity contribution in [3.05, 3.63) is 60.1 Å². The number of aryl methyl sites for hydroxylation is 1. The van der Waals surface area contributed by atoms with Gasteiger partial charge in [-0.1, -0.05) is 18.2 Å².